The first-order valence-corrected chi connectivity index (χ1v) is 12.8. The van der Waals surface area contributed by atoms with Gasteiger partial charge in [-0.05, 0) is 6.42 Å². The molecule has 1 N–H and O–H groups in total. The molecule has 31 heavy (non-hydrogen) atoms. The van der Waals surface area contributed by atoms with Crippen molar-refractivity contribution in [3.8, 4) is 0 Å². The molecule has 0 aromatic carbocycles. The molecule has 0 aromatic heterocycles. The molecule has 0 heterocycles. The van der Waals surface area contributed by atoms with E-state index in [2.05, 4.69) is 16.7 Å². The number of hydrogen-bond donors (Lipinski definition) is 1. The molecule has 0 amide bonds. The van der Waals surface area contributed by atoms with Gasteiger partial charge in [0, 0.05) is 19.2 Å². The van der Waals surface area contributed by atoms with E-state index in [0.29, 0.717) is 6.42 Å². The molecular weight excluding hydrogens is 390 g/mol. The highest BCUT2D eigenvalue weighted by Gasteiger charge is 1.96. The van der Waals surface area contributed by atoms with Crippen LogP contribution in [0.3, 0.4) is 0 Å². The molecule has 0 unspecified atom stereocenters. The van der Waals surface area contributed by atoms with E-state index in [-0.39, 0.29) is 12.4 Å². The van der Waals surface area contributed by atoms with E-state index in [1.807, 2.05) is 0 Å². The molecule has 0 spiro atoms. The minimum Gasteiger partial charge on any atom is -0.481 e. The number of aliphatic imine (C=N–C) groups is 1. The Hall–Kier alpha value is -1.39. The number of carbonyl (C=O) groups is 2. The molecule has 0 aliphatic rings. The van der Waals surface area contributed by atoms with Gasteiger partial charge >= 0.3 is 11.9 Å². The topological polar surface area (TPSA) is 76.0 Å². The number of unbranched alkanes of at least 4 members (excludes halogenated alkanes) is 16. The van der Waals surface area contributed by atoms with Crippen molar-refractivity contribution < 1.29 is 19.4 Å². The van der Waals surface area contributed by atoms with Crippen LogP contribution in [0.1, 0.15) is 136 Å². The third-order valence-electron chi connectivity index (χ3n) is 5.31. The van der Waals surface area contributed by atoms with Crippen LogP contribution in [0.15, 0.2) is 4.99 Å². The number of nitrogens with zero attached hydrogens (tertiary/aromatic N) is 1. The molecule has 5 heteroatoms. The quantitative estimate of drug-likeness (QED) is 0.112. The fourth-order valence-corrected chi connectivity index (χ4v) is 3.24. The van der Waals surface area contributed by atoms with Crippen LogP contribution in [0.2, 0.25) is 0 Å². The largest absolute Gasteiger partial charge is 0.481 e. The lowest BCUT2D eigenvalue weighted by molar-refractivity contribution is -0.139. The Morgan fingerprint density at radius 3 is 1.39 bits per heavy atom. The molecule has 0 saturated carbocycles. The van der Waals surface area contributed by atoms with Crippen LogP contribution in [-0.2, 0) is 14.3 Å². The smallest absolute Gasteiger partial charge is 0.310 e. The van der Waals surface area contributed by atoms with Crippen molar-refractivity contribution in [3.05, 3.63) is 0 Å². The van der Waals surface area contributed by atoms with E-state index in [4.69, 9.17) is 5.11 Å². The van der Waals surface area contributed by atoms with Gasteiger partial charge in [-0.15, -0.1) is 0 Å². The van der Waals surface area contributed by atoms with Crippen LogP contribution < -0.4 is 0 Å². The molecule has 184 valence electrons. The Morgan fingerprint density at radius 2 is 1.06 bits per heavy atom. The van der Waals surface area contributed by atoms with Crippen LogP contribution in [0.4, 0.5) is 0 Å². The highest BCUT2D eigenvalue weighted by Crippen LogP contribution is 2.14. The lowest BCUT2D eigenvalue weighted by atomic mass is 10.0. The maximum atomic E-state index is 10.9. The second-order valence-electron chi connectivity index (χ2n) is 8.27. The molecule has 0 saturated heterocycles. The van der Waals surface area contributed by atoms with Gasteiger partial charge in [0.05, 0.1) is 13.5 Å². The van der Waals surface area contributed by atoms with Gasteiger partial charge in [-0.1, -0.05) is 117 Å². The number of methoxy groups -OCH3 is 1. The number of carboxylic acid groups (broad SMARTS) is 1. The molecule has 0 atom stereocenters. The van der Waals surface area contributed by atoms with E-state index >= 15 is 0 Å². The minimum absolute atomic E-state index is 0.212. The number of carboxylic acids is 1. The number of carbonyl (C=O) groups excluding carboxylic acids is 1. The van der Waals surface area contributed by atoms with Crippen LogP contribution in [0.25, 0.3) is 0 Å². The molecule has 0 bridgehead atoms. The average Bonchev–Trinajstić information content (AvgIpc) is 2.77. The molecule has 0 fully saturated rings. The average molecular weight is 442 g/mol. The van der Waals surface area contributed by atoms with Crippen molar-refractivity contribution in [2.24, 2.45) is 4.99 Å². The summed E-state index contributed by atoms with van der Waals surface area (Å²) < 4.78 is 4.56. The zero-order valence-corrected chi connectivity index (χ0v) is 20.8. The Morgan fingerprint density at radius 1 is 0.710 bits per heavy atom. The third-order valence-corrected chi connectivity index (χ3v) is 5.31. The molecule has 0 aliphatic carbocycles. The van der Waals surface area contributed by atoms with E-state index in [1.165, 1.54) is 110 Å². The fraction of sp³-hybridized carbons (Fsp3) is 0.885. The predicted molar refractivity (Wildman–Crippen MR) is 132 cm³/mol. The normalized spacial score (nSPS) is 10.7. The minimum atomic E-state index is -0.745. The van der Waals surface area contributed by atoms with E-state index in [9.17, 15) is 9.59 Å². The van der Waals surface area contributed by atoms with Gasteiger partial charge in [0.15, 0.2) is 0 Å². The van der Waals surface area contributed by atoms with E-state index in [1.54, 1.807) is 13.1 Å². The van der Waals surface area contributed by atoms with Gasteiger partial charge in [0.2, 0.25) is 0 Å². The van der Waals surface area contributed by atoms with Crippen molar-refractivity contribution in [2.75, 3.05) is 13.7 Å². The predicted octanol–water partition coefficient (Wildman–Crippen LogP) is 7.75. The second kappa shape index (κ2) is 28.6. The van der Waals surface area contributed by atoms with Crippen LogP contribution in [0, 0.1) is 0 Å². The molecule has 0 aliphatic heterocycles. The molecular formula is C26H51NO4. The van der Waals surface area contributed by atoms with Gasteiger partial charge in [-0.3, -0.25) is 14.6 Å². The zero-order chi connectivity index (χ0) is 23.4. The standard InChI is InChI=1S/C23H45NO2.C3H6O2/c1-3-4-5-6-7-8-9-10-11-12-13-14-15-16-17-18-19-21-24-22-20-23(25)26-2;1-2-3(4)5/h22H,3-21H2,1-2H3;2H2,1H3,(H,4,5). The van der Waals surface area contributed by atoms with Gasteiger partial charge in [0.25, 0.3) is 0 Å². The first-order valence-electron chi connectivity index (χ1n) is 12.8. The summed E-state index contributed by atoms with van der Waals surface area (Å²) in [6, 6.07) is 0. The first-order chi connectivity index (χ1) is 15.1. The number of esters is 1. The van der Waals surface area contributed by atoms with Crippen molar-refractivity contribution in [3.63, 3.8) is 0 Å². The summed E-state index contributed by atoms with van der Waals surface area (Å²) in [5, 5.41) is 7.72. The summed E-state index contributed by atoms with van der Waals surface area (Å²) in [4.78, 5) is 24.5. The lowest BCUT2D eigenvalue weighted by Crippen LogP contribution is -2.00. The Labute approximate surface area is 192 Å². The van der Waals surface area contributed by atoms with E-state index in [0.717, 1.165) is 13.0 Å². The Kier molecular flexibility index (Phi) is 29.3. The molecule has 0 radical (unpaired) electrons. The monoisotopic (exact) mass is 441 g/mol. The summed E-state index contributed by atoms with van der Waals surface area (Å²) in [6.07, 6.45) is 25.9. The Bertz CT molecular complexity index is 410. The van der Waals surface area contributed by atoms with Crippen molar-refractivity contribution >= 4 is 18.2 Å². The fourth-order valence-electron chi connectivity index (χ4n) is 3.24. The summed E-state index contributed by atoms with van der Waals surface area (Å²) >= 11 is 0. The summed E-state index contributed by atoms with van der Waals surface area (Å²) in [6.45, 7) is 4.73. The highest BCUT2D eigenvalue weighted by atomic mass is 16.5. The molecule has 0 aromatic rings. The second-order valence-corrected chi connectivity index (χ2v) is 8.27. The number of aliphatic carboxylic acids is 1. The van der Waals surface area contributed by atoms with Crippen molar-refractivity contribution in [1.29, 1.82) is 0 Å². The van der Waals surface area contributed by atoms with Gasteiger partial charge in [-0.2, -0.15) is 0 Å². The zero-order valence-electron chi connectivity index (χ0n) is 20.8. The van der Waals surface area contributed by atoms with Gasteiger partial charge < -0.3 is 9.84 Å². The third kappa shape index (κ3) is 33.4. The molecule has 5 nitrogen and oxygen atoms in total. The highest BCUT2D eigenvalue weighted by molar-refractivity contribution is 5.85. The summed E-state index contributed by atoms with van der Waals surface area (Å²) in [5.41, 5.74) is 0. The van der Waals surface area contributed by atoms with Crippen LogP contribution in [-0.4, -0.2) is 36.9 Å². The van der Waals surface area contributed by atoms with Crippen molar-refractivity contribution in [2.45, 2.75) is 136 Å². The number of rotatable bonds is 21. The van der Waals surface area contributed by atoms with E-state index < -0.39 is 5.97 Å². The summed E-state index contributed by atoms with van der Waals surface area (Å²) in [7, 11) is 1.41. The van der Waals surface area contributed by atoms with Gasteiger partial charge in [0.1, 0.15) is 0 Å². The van der Waals surface area contributed by atoms with Crippen LogP contribution in [0.5, 0.6) is 0 Å². The van der Waals surface area contributed by atoms with Gasteiger partial charge in [-0.25, -0.2) is 0 Å². The van der Waals surface area contributed by atoms with Crippen molar-refractivity contribution in [1.82, 2.24) is 0 Å². The lowest BCUT2D eigenvalue weighted by Gasteiger charge is -2.03. The Balaban J connectivity index is 0. The maximum Gasteiger partial charge on any atom is 0.310 e. The maximum absolute atomic E-state index is 10.9. The number of ether oxygens (including phenoxy) is 1. The first kappa shape index (κ1) is 31.8. The summed E-state index contributed by atoms with van der Waals surface area (Å²) in [5.74, 6) is -0.957. The number of hydrogen-bond acceptors (Lipinski definition) is 4. The van der Waals surface area contributed by atoms with Crippen LogP contribution >= 0.6 is 0 Å². The SMILES string of the molecule is CCC(=O)O.CCCCCCCCCCCCCCCCCCCN=CCC(=O)OC. The molecule has 0 rings (SSSR count).